The van der Waals surface area contributed by atoms with Gasteiger partial charge >= 0.3 is 6.18 Å². The summed E-state index contributed by atoms with van der Waals surface area (Å²) in [5.41, 5.74) is -0.517. The molecule has 0 radical (unpaired) electrons. The van der Waals surface area contributed by atoms with E-state index in [1.54, 1.807) is 0 Å². The third kappa shape index (κ3) is 4.92. The van der Waals surface area contributed by atoms with Crippen LogP contribution >= 0.6 is 11.3 Å². The Kier molecular flexibility index (Phi) is 6.16. The Morgan fingerprint density at radius 3 is 2.48 bits per heavy atom. The highest BCUT2D eigenvalue weighted by atomic mass is 32.2. The molecule has 164 valence electrons. The van der Waals surface area contributed by atoms with Gasteiger partial charge in [-0.1, -0.05) is 12.1 Å². The third-order valence-electron chi connectivity index (χ3n) is 4.16. The average Bonchev–Trinajstić information content (AvgIpc) is 3.16. The number of carbonyl (C=O) groups is 1. The van der Waals surface area contributed by atoms with Gasteiger partial charge < -0.3 is 0 Å². The van der Waals surface area contributed by atoms with Crippen LogP contribution < -0.4 is 5.32 Å². The summed E-state index contributed by atoms with van der Waals surface area (Å²) in [6, 6.07) is 7.46. The number of carbonyl (C=O) groups excluding carboxylic acids is 1. The van der Waals surface area contributed by atoms with Gasteiger partial charge in [-0.15, -0.1) is 11.3 Å². The molecule has 0 saturated heterocycles. The third-order valence-corrected chi connectivity index (χ3v) is 6.75. The lowest BCUT2D eigenvalue weighted by Crippen LogP contribution is -2.24. The maximum absolute atomic E-state index is 14.0. The number of amides is 1. The number of nitrogens with zero attached hydrogens (tertiary/aromatic N) is 2. The quantitative estimate of drug-likeness (QED) is 0.555. The van der Waals surface area contributed by atoms with Crippen LogP contribution in [0.5, 0.6) is 0 Å². The fourth-order valence-corrected chi connectivity index (χ4v) is 4.23. The van der Waals surface area contributed by atoms with E-state index in [0.29, 0.717) is 0 Å². The smallest absolute Gasteiger partial charge is 0.298 e. The molecule has 0 saturated carbocycles. The minimum atomic E-state index is -4.50. The largest absolute Gasteiger partial charge is 0.416 e. The summed E-state index contributed by atoms with van der Waals surface area (Å²) >= 11 is 0.974. The number of hydrogen-bond acceptors (Lipinski definition) is 5. The standard InChI is InChI=1S/C19H15F4N3O3S2/c1-26(2)31(28,29)16-9-12(6-7-14(16)20)17(27)25-18-24-15(10-30-18)11-4-3-5-13(8-11)19(21,22)23/h3-10H,1-2H3,(H,24,25,27). The molecule has 3 aromatic rings. The monoisotopic (exact) mass is 473 g/mol. The van der Waals surface area contributed by atoms with E-state index in [9.17, 15) is 30.8 Å². The first kappa shape index (κ1) is 22.8. The number of alkyl halides is 3. The van der Waals surface area contributed by atoms with Crippen LogP contribution in [0.15, 0.2) is 52.7 Å². The predicted octanol–water partition coefficient (Wildman–Crippen LogP) is 4.47. The van der Waals surface area contributed by atoms with Gasteiger partial charge in [0.25, 0.3) is 5.91 Å². The van der Waals surface area contributed by atoms with Crippen molar-refractivity contribution in [1.29, 1.82) is 0 Å². The summed E-state index contributed by atoms with van der Waals surface area (Å²) < 4.78 is 77.9. The first-order valence-electron chi connectivity index (χ1n) is 8.56. The van der Waals surface area contributed by atoms with E-state index in [-0.39, 0.29) is 22.0 Å². The number of aromatic nitrogens is 1. The highest BCUT2D eigenvalue weighted by Gasteiger charge is 2.30. The molecule has 1 N–H and O–H groups in total. The van der Waals surface area contributed by atoms with E-state index < -0.39 is 38.4 Å². The lowest BCUT2D eigenvalue weighted by Gasteiger charge is -2.13. The maximum Gasteiger partial charge on any atom is 0.416 e. The van der Waals surface area contributed by atoms with Gasteiger partial charge in [-0.25, -0.2) is 22.1 Å². The fraction of sp³-hybridized carbons (Fsp3) is 0.158. The number of hydrogen-bond donors (Lipinski definition) is 1. The molecule has 6 nitrogen and oxygen atoms in total. The number of benzene rings is 2. The summed E-state index contributed by atoms with van der Waals surface area (Å²) in [6.45, 7) is 0. The van der Waals surface area contributed by atoms with Gasteiger partial charge in [-0.3, -0.25) is 10.1 Å². The summed E-state index contributed by atoms with van der Waals surface area (Å²) in [7, 11) is -1.65. The first-order valence-corrected chi connectivity index (χ1v) is 10.9. The Morgan fingerprint density at radius 2 is 1.84 bits per heavy atom. The predicted molar refractivity (Wildman–Crippen MR) is 108 cm³/mol. The Labute approximate surface area is 179 Å². The second-order valence-electron chi connectivity index (χ2n) is 6.50. The van der Waals surface area contributed by atoms with Crippen LogP contribution in [0.1, 0.15) is 15.9 Å². The van der Waals surface area contributed by atoms with Crippen LogP contribution in [0.25, 0.3) is 11.3 Å². The lowest BCUT2D eigenvalue weighted by molar-refractivity contribution is -0.137. The molecule has 0 fully saturated rings. The molecule has 0 bridgehead atoms. The summed E-state index contributed by atoms with van der Waals surface area (Å²) in [6.07, 6.45) is -4.50. The van der Waals surface area contributed by atoms with Crippen molar-refractivity contribution in [2.75, 3.05) is 19.4 Å². The van der Waals surface area contributed by atoms with E-state index >= 15 is 0 Å². The maximum atomic E-state index is 14.0. The molecule has 2 aromatic carbocycles. The molecule has 0 unspecified atom stereocenters. The SMILES string of the molecule is CN(C)S(=O)(=O)c1cc(C(=O)Nc2nc(-c3cccc(C(F)(F)F)c3)cs2)ccc1F. The molecule has 0 atom stereocenters. The van der Waals surface area contributed by atoms with E-state index in [1.165, 1.54) is 31.6 Å². The van der Waals surface area contributed by atoms with Gasteiger partial charge in [0.1, 0.15) is 10.7 Å². The Bertz CT molecular complexity index is 1240. The number of nitrogens with one attached hydrogen (secondary N) is 1. The molecule has 31 heavy (non-hydrogen) atoms. The van der Waals surface area contributed by atoms with Crippen molar-refractivity contribution < 1.29 is 30.8 Å². The van der Waals surface area contributed by atoms with Gasteiger partial charge in [0.2, 0.25) is 10.0 Å². The lowest BCUT2D eigenvalue weighted by atomic mass is 10.1. The van der Waals surface area contributed by atoms with E-state index in [0.717, 1.165) is 46.0 Å². The highest BCUT2D eigenvalue weighted by molar-refractivity contribution is 7.89. The Hall–Kier alpha value is -2.83. The number of halogens is 4. The molecule has 0 spiro atoms. The molecule has 1 aromatic heterocycles. The molecule has 0 aliphatic carbocycles. The molecule has 0 aliphatic rings. The van der Waals surface area contributed by atoms with Crippen LogP contribution in [-0.4, -0.2) is 37.7 Å². The van der Waals surface area contributed by atoms with Gasteiger partial charge in [0.15, 0.2) is 5.13 Å². The van der Waals surface area contributed by atoms with Crippen molar-refractivity contribution in [2.45, 2.75) is 11.1 Å². The molecule has 12 heteroatoms. The van der Waals surface area contributed by atoms with Gasteiger partial charge in [-0.2, -0.15) is 13.2 Å². The molecule has 1 amide bonds. The molecular formula is C19H15F4N3O3S2. The minimum absolute atomic E-state index is 0.0822. The van der Waals surface area contributed by atoms with Crippen molar-refractivity contribution in [1.82, 2.24) is 9.29 Å². The van der Waals surface area contributed by atoms with Crippen LogP contribution in [0.2, 0.25) is 0 Å². The average molecular weight is 473 g/mol. The van der Waals surface area contributed by atoms with Crippen molar-refractivity contribution >= 4 is 32.4 Å². The van der Waals surface area contributed by atoms with Crippen LogP contribution in [-0.2, 0) is 16.2 Å². The summed E-state index contributed by atoms with van der Waals surface area (Å²) in [4.78, 5) is 15.9. The molecular weight excluding hydrogens is 458 g/mol. The number of anilines is 1. The normalized spacial score (nSPS) is 12.2. The minimum Gasteiger partial charge on any atom is -0.298 e. The first-order chi connectivity index (χ1) is 14.4. The second-order valence-corrected chi connectivity index (χ2v) is 9.48. The molecule has 3 rings (SSSR count). The van der Waals surface area contributed by atoms with Crippen LogP contribution in [0, 0.1) is 5.82 Å². The number of thiazole rings is 1. The Morgan fingerprint density at radius 1 is 1.13 bits per heavy atom. The van der Waals surface area contributed by atoms with Gasteiger partial charge in [0.05, 0.1) is 11.3 Å². The van der Waals surface area contributed by atoms with Gasteiger partial charge in [0, 0.05) is 30.6 Å². The zero-order valence-electron chi connectivity index (χ0n) is 16.1. The fourth-order valence-electron chi connectivity index (χ4n) is 2.53. The van der Waals surface area contributed by atoms with Crippen molar-refractivity contribution in [3.8, 4) is 11.3 Å². The van der Waals surface area contributed by atoms with E-state index in [2.05, 4.69) is 10.3 Å². The van der Waals surface area contributed by atoms with Crippen molar-refractivity contribution in [2.24, 2.45) is 0 Å². The van der Waals surface area contributed by atoms with Crippen molar-refractivity contribution in [3.63, 3.8) is 0 Å². The zero-order chi connectivity index (χ0) is 23.0. The summed E-state index contributed by atoms with van der Waals surface area (Å²) in [5, 5.41) is 3.99. The second kappa shape index (κ2) is 8.36. The zero-order valence-corrected chi connectivity index (χ0v) is 17.7. The topological polar surface area (TPSA) is 79.4 Å². The summed E-state index contributed by atoms with van der Waals surface area (Å²) in [5.74, 6) is -1.76. The number of sulfonamides is 1. The molecule has 0 aliphatic heterocycles. The van der Waals surface area contributed by atoms with Gasteiger partial charge in [-0.05, 0) is 30.3 Å². The number of rotatable bonds is 5. The highest BCUT2D eigenvalue weighted by Crippen LogP contribution is 2.33. The van der Waals surface area contributed by atoms with Crippen LogP contribution in [0.3, 0.4) is 0 Å². The van der Waals surface area contributed by atoms with Crippen molar-refractivity contribution in [3.05, 3.63) is 64.8 Å². The Balaban J connectivity index is 1.84. The van der Waals surface area contributed by atoms with E-state index in [4.69, 9.17) is 0 Å². The van der Waals surface area contributed by atoms with E-state index in [1.807, 2.05) is 0 Å². The van der Waals surface area contributed by atoms with Crippen LogP contribution in [0.4, 0.5) is 22.7 Å². The molecule has 1 heterocycles.